The normalized spacial score (nSPS) is 10.4. The molecule has 0 amide bonds. The van der Waals surface area contributed by atoms with Crippen molar-refractivity contribution in [2.75, 3.05) is 7.11 Å². The molecule has 1 aromatic heterocycles. The third kappa shape index (κ3) is 4.65. The van der Waals surface area contributed by atoms with Crippen molar-refractivity contribution in [3.63, 3.8) is 0 Å². The van der Waals surface area contributed by atoms with Crippen LogP contribution in [0.1, 0.15) is 22.5 Å². The van der Waals surface area contributed by atoms with Crippen molar-refractivity contribution < 1.29 is 9.53 Å². The average molecular weight is 285 g/mol. The molecule has 1 N–H and O–H groups in total. The molecule has 5 nitrogen and oxygen atoms in total. The Balaban J connectivity index is 1.93. The SMILES string of the molecule is COC(=O)Cc1ccccc1CNCc1cnc(C)cn1. The fraction of sp³-hybridized carbons (Fsp3) is 0.312. The molecule has 0 saturated heterocycles. The molecule has 2 rings (SSSR count). The molecule has 0 aliphatic rings. The van der Waals surface area contributed by atoms with Crippen molar-refractivity contribution in [2.24, 2.45) is 0 Å². The number of nitrogens with zero attached hydrogens (tertiary/aromatic N) is 2. The third-order valence-electron chi connectivity index (χ3n) is 3.14. The van der Waals surface area contributed by atoms with Gasteiger partial charge in [-0.15, -0.1) is 0 Å². The predicted molar refractivity (Wildman–Crippen MR) is 79.5 cm³/mol. The molecule has 1 aromatic carbocycles. The molecule has 110 valence electrons. The summed E-state index contributed by atoms with van der Waals surface area (Å²) in [6, 6.07) is 7.84. The highest BCUT2D eigenvalue weighted by molar-refractivity contribution is 5.72. The van der Waals surface area contributed by atoms with Gasteiger partial charge in [-0.25, -0.2) is 0 Å². The van der Waals surface area contributed by atoms with Crippen LogP contribution in [0, 0.1) is 6.92 Å². The zero-order chi connectivity index (χ0) is 15.1. The molecule has 0 saturated carbocycles. The first-order valence-electron chi connectivity index (χ1n) is 6.81. The highest BCUT2D eigenvalue weighted by Crippen LogP contribution is 2.10. The van der Waals surface area contributed by atoms with Gasteiger partial charge in [0.1, 0.15) is 0 Å². The molecule has 0 fully saturated rings. The molecule has 1 heterocycles. The van der Waals surface area contributed by atoms with Gasteiger partial charge < -0.3 is 10.1 Å². The van der Waals surface area contributed by atoms with Gasteiger partial charge in [0.25, 0.3) is 0 Å². The van der Waals surface area contributed by atoms with Gasteiger partial charge in [-0.3, -0.25) is 14.8 Å². The Kier molecular flexibility index (Phi) is 5.40. The van der Waals surface area contributed by atoms with Gasteiger partial charge in [-0.2, -0.15) is 0 Å². The van der Waals surface area contributed by atoms with E-state index >= 15 is 0 Å². The van der Waals surface area contributed by atoms with Gasteiger partial charge in [-0.1, -0.05) is 24.3 Å². The minimum atomic E-state index is -0.230. The number of carbonyl (C=O) groups is 1. The van der Waals surface area contributed by atoms with Gasteiger partial charge in [0.05, 0.1) is 24.9 Å². The van der Waals surface area contributed by atoms with E-state index in [0.717, 1.165) is 22.5 Å². The van der Waals surface area contributed by atoms with Gasteiger partial charge in [0.2, 0.25) is 0 Å². The lowest BCUT2D eigenvalue weighted by Crippen LogP contribution is -2.16. The van der Waals surface area contributed by atoms with Crippen molar-refractivity contribution in [1.29, 1.82) is 0 Å². The minimum absolute atomic E-state index is 0.230. The number of hydrogen-bond donors (Lipinski definition) is 1. The zero-order valence-electron chi connectivity index (χ0n) is 12.3. The third-order valence-corrected chi connectivity index (χ3v) is 3.14. The van der Waals surface area contributed by atoms with Crippen LogP contribution in [0.25, 0.3) is 0 Å². The number of hydrogen-bond acceptors (Lipinski definition) is 5. The van der Waals surface area contributed by atoms with Gasteiger partial charge in [-0.05, 0) is 18.1 Å². The van der Waals surface area contributed by atoms with E-state index in [4.69, 9.17) is 4.74 Å². The number of aryl methyl sites for hydroxylation is 1. The summed E-state index contributed by atoms with van der Waals surface area (Å²) in [6.07, 6.45) is 3.81. The van der Waals surface area contributed by atoms with E-state index in [0.29, 0.717) is 19.5 Å². The Morgan fingerprint density at radius 3 is 2.57 bits per heavy atom. The van der Waals surface area contributed by atoms with Crippen LogP contribution in [-0.2, 0) is 29.0 Å². The fourth-order valence-corrected chi connectivity index (χ4v) is 1.97. The first-order chi connectivity index (χ1) is 10.2. The lowest BCUT2D eigenvalue weighted by molar-refractivity contribution is -0.139. The number of ether oxygens (including phenoxy) is 1. The Morgan fingerprint density at radius 2 is 1.90 bits per heavy atom. The zero-order valence-corrected chi connectivity index (χ0v) is 12.3. The monoisotopic (exact) mass is 285 g/mol. The van der Waals surface area contributed by atoms with E-state index < -0.39 is 0 Å². The molecule has 0 radical (unpaired) electrons. The maximum atomic E-state index is 11.4. The van der Waals surface area contributed by atoms with Crippen molar-refractivity contribution in [1.82, 2.24) is 15.3 Å². The second-order valence-corrected chi connectivity index (χ2v) is 4.77. The molecule has 21 heavy (non-hydrogen) atoms. The van der Waals surface area contributed by atoms with Crippen LogP contribution in [0.2, 0.25) is 0 Å². The van der Waals surface area contributed by atoms with Gasteiger partial charge in [0, 0.05) is 25.5 Å². The maximum Gasteiger partial charge on any atom is 0.309 e. The molecule has 5 heteroatoms. The first-order valence-corrected chi connectivity index (χ1v) is 6.81. The highest BCUT2D eigenvalue weighted by atomic mass is 16.5. The van der Waals surface area contributed by atoms with Crippen LogP contribution >= 0.6 is 0 Å². The molecule has 0 bridgehead atoms. The molecule has 0 aliphatic heterocycles. The largest absolute Gasteiger partial charge is 0.469 e. The number of benzene rings is 1. The molecule has 0 atom stereocenters. The van der Waals surface area contributed by atoms with E-state index in [2.05, 4.69) is 15.3 Å². The summed E-state index contributed by atoms with van der Waals surface area (Å²) in [5.41, 5.74) is 3.86. The Hall–Kier alpha value is -2.27. The standard InChI is InChI=1S/C16H19N3O2/c1-12-8-19-15(11-18-12)10-17-9-14-6-4-3-5-13(14)7-16(20)21-2/h3-6,8,11,17H,7,9-10H2,1-2H3. The summed E-state index contributed by atoms with van der Waals surface area (Å²) in [7, 11) is 1.40. The van der Waals surface area contributed by atoms with Crippen LogP contribution < -0.4 is 5.32 Å². The lowest BCUT2D eigenvalue weighted by atomic mass is 10.0. The number of nitrogens with one attached hydrogen (secondary N) is 1. The summed E-state index contributed by atoms with van der Waals surface area (Å²) in [5.74, 6) is -0.230. The topological polar surface area (TPSA) is 64.1 Å². The second-order valence-electron chi connectivity index (χ2n) is 4.77. The van der Waals surface area contributed by atoms with Gasteiger partial charge in [0.15, 0.2) is 0 Å². The van der Waals surface area contributed by atoms with E-state index in [1.54, 1.807) is 12.4 Å². The number of aromatic nitrogens is 2. The first kappa shape index (κ1) is 15.1. The summed E-state index contributed by atoms with van der Waals surface area (Å²) in [6.45, 7) is 3.22. The quantitative estimate of drug-likeness (QED) is 0.820. The van der Waals surface area contributed by atoms with Crippen molar-refractivity contribution >= 4 is 5.97 Å². The van der Waals surface area contributed by atoms with Crippen LogP contribution in [0.15, 0.2) is 36.7 Å². The fourth-order valence-electron chi connectivity index (χ4n) is 1.97. The van der Waals surface area contributed by atoms with Crippen LogP contribution in [0.4, 0.5) is 0 Å². The molecule has 0 unspecified atom stereocenters. The average Bonchev–Trinajstić information content (AvgIpc) is 2.51. The number of methoxy groups -OCH3 is 1. The Labute approximate surface area is 124 Å². The van der Waals surface area contributed by atoms with Crippen molar-refractivity contribution in [3.05, 3.63) is 59.2 Å². The number of esters is 1. The Morgan fingerprint density at radius 1 is 1.14 bits per heavy atom. The minimum Gasteiger partial charge on any atom is -0.469 e. The summed E-state index contributed by atoms with van der Waals surface area (Å²) >= 11 is 0. The van der Waals surface area contributed by atoms with E-state index in [1.165, 1.54) is 7.11 Å². The molecule has 0 aliphatic carbocycles. The second kappa shape index (κ2) is 7.50. The smallest absolute Gasteiger partial charge is 0.309 e. The Bertz CT molecular complexity index is 597. The molecule has 2 aromatic rings. The predicted octanol–water partition coefficient (Wildman–Crippen LogP) is 1.79. The van der Waals surface area contributed by atoms with Crippen LogP contribution in [-0.4, -0.2) is 23.0 Å². The summed E-state index contributed by atoms with van der Waals surface area (Å²) in [5, 5.41) is 3.31. The summed E-state index contributed by atoms with van der Waals surface area (Å²) in [4.78, 5) is 19.9. The van der Waals surface area contributed by atoms with Crippen LogP contribution in [0.3, 0.4) is 0 Å². The lowest BCUT2D eigenvalue weighted by Gasteiger charge is -2.09. The van der Waals surface area contributed by atoms with E-state index in [-0.39, 0.29) is 5.97 Å². The summed E-state index contributed by atoms with van der Waals surface area (Å²) < 4.78 is 4.72. The van der Waals surface area contributed by atoms with E-state index in [1.807, 2.05) is 31.2 Å². The number of carbonyl (C=O) groups excluding carboxylic acids is 1. The highest BCUT2D eigenvalue weighted by Gasteiger charge is 2.07. The maximum absolute atomic E-state index is 11.4. The van der Waals surface area contributed by atoms with Crippen molar-refractivity contribution in [3.8, 4) is 0 Å². The van der Waals surface area contributed by atoms with Gasteiger partial charge >= 0.3 is 5.97 Å². The van der Waals surface area contributed by atoms with Crippen LogP contribution in [0.5, 0.6) is 0 Å². The van der Waals surface area contributed by atoms with E-state index in [9.17, 15) is 4.79 Å². The molecular formula is C16H19N3O2. The molecule has 0 spiro atoms. The molecular weight excluding hydrogens is 266 g/mol. The number of rotatable bonds is 6. The van der Waals surface area contributed by atoms with Crippen molar-refractivity contribution in [2.45, 2.75) is 26.4 Å².